The maximum atomic E-state index is 12.6. The van der Waals surface area contributed by atoms with Crippen LogP contribution >= 0.6 is 11.8 Å². The topological polar surface area (TPSA) is 40.6 Å². The molecular weight excluding hydrogens is 272 g/mol. The first kappa shape index (κ1) is 15.7. The van der Waals surface area contributed by atoms with Crippen LogP contribution in [-0.4, -0.2) is 58.8 Å². The van der Waals surface area contributed by atoms with Crippen molar-refractivity contribution in [1.29, 1.82) is 0 Å². The number of rotatable bonds is 6. The number of amides is 2. The highest BCUT2D eigenvalue weighted by atomic mass is 32.2. The normalized spacial score (nSPS) is 26.9. The van der Waals surface area contributed by atoms with Crippen molar-refractivity contribution in [3.63, 3.8) is 0 Å². The lowest BCUT2D eigenvalue weighted by Crippen LogP contribution is -2.65. The molecule has 2 amide bonds. The molecule has 0 saturated carbocycles. The summed E-state index contributed by atoms with van der Waals surface area (Å²) in [6.45, 7) is 3.39. The van der Waals surface area contributed by atoms with Crippen molar-refractivity contribution >= 4 is 23.6 Å². The SMILES string of the molecule is CSCCCCCN1C(=O)C2CCCCN2C(=O)C1C. The van der Waals surface area contributed by atoms with Crippen LogP contribution in [0.5, 0.6) is 0 Å². The van der Waals surface area contributed by atoms with E-state index in [9.17, 15) is 9.59 Å². The average molecular weight is 298 g/mol. The van der Waals surface area contributed by atoms with Crippen LogP contribution in [-0.2, 0) is 9.59 Å². The summed E-state index contributed by atoms with van der Waals surface area (Å²) < 4.78 is 0. The van der Waals surface area contributed by atoms with Crippen LogP contribution in [0.2, 0.25) is 0 Å². The van der Waals surface area contributed by atoms with Crippen LogP contribution in [0.25, 0.3) is 0 Å². The summed E-state index contributed by atoms with van der Waals surface area (Å²) in [6.07, 6.45) is 8.41. The Morgan fingerprint density at radius 1 is 1.15 bits per heavy atom. The molecule has 5 heteroatoms. The van der Waals surface area contributed by atoms with Gasteiger partial charge in [-0.05, 0) is 51.0 Å². The first-order valence-corrected chi connectivity index (χ1v) is 9.16. The Morgan fingerprint density at radius 3 is 2.70 bits per heavy atom. The molecule has 2 aliphatic rings. The number of hydrogen-bond acceptors (Lipinski definition) is 3. The molecule has 0 aromatic heterocycles. The number of nitrogens with zero attached hydrogens (tertiary/aromatic N) is 2. The average Bonchev–Trinajstić information content (AvgIpc) is 2.48. The second kappa shape index (κ2) is 7.34. The first-order chi connectivity index (χ1) is 9.66. The molecule has 0 aliphatic carbocycles. The number of fused-ring (bicyclic) bond motifs is 1. The molecule has 114 valence electrons. The Kier molecular flexibility index (Phi) is 5.75. The Bertz CT molecular complexity index is 362. The number of thioether (sulfide) groups is 1. The number of carbonyl (C=O) groups is 2. The van der Waals surface area contributed by atoms with Crippen molar-refractivity contribution in [2.24, 2.45) is 0 Å². The molecule has 2 fully saturated rings. The van der Waals surface area contributed by atoms with Gasteiger partial charge in [0, 0.05) is 13.1 Å². The number of carbonyl (C=O) groups excluding carboxylic acids is 2. The third-order valence-corrected chi connectivity index (χ3v) is 5.12. The van der Waals surface area contributed by atoms with Crippen LogP contribution in [0.3, 0.4) is 0 Å². The number of piperazine rings is 1. The van der Waals surface area contributed by atoms with E-state index in [1.807, 2.05) is 28.5 Å². The lowest BCUT2D eigenvalue weighted by atomic mass is 9.95. The van der Waals surface area contributed by atoms with Crippen LogP contribution in [0, 0.1) is 0 Å². The van der Waals surface area contributed by atoms with Crippen molar-refractivity contribution < 1.29 is 9.59 Å². The van der Waals surface area contributed by atoms with Gasteiger partial charge < -0.3 is 9.80 Å². The smallest absolute Gasteiger partial charge is 0.246 e. The lowest BCUT2D eigenvalue weighted by molar-refractivity contribution is -0.162. The highest BCUT2D eigenvalue weighted by molar-refractivity contribution is 7.98. The minimum atomic E-state index is -0.266. The molecule has 0 aromatic carbocycles. The van der Waals surface area contributed by atoms with Gasteiger partial charge >= 0.3 is 0 Å². The van der Waals surface area contributed by atoms with Crippen molar-refractivity contribution in [2.45, 2.75) is 57.5 Å². The summed E-state index contributed by atoms with van der Waals surface area (Å²) in [7, 11) is 0. The number of piperidine rings is 1. The fraction of sp³-hybridized carbons (Fsp3) is 0.867. The van der Waals surface area contributed by atoms with Gasteiger partial charge in [0.05, 0.1) is 0 Å². The van der Waals surface area contributed by atoms with E-state index in [2.05, 4.69) is 6.26 Å². The van der Waals surface area contributed by atoms with E-state index in [0.717, 1.165) is 45.2 Å². The Labute approximate surface area is 126 Å². The molecule has 0 bridgehead atoms. The van der Waals surface area contributed by atoms with Gasteiger partial charge in [0.2, 0.25) is 11.8 Å². The van der Waals surface area contributed by atoms with E-state index >= 15 is 0 Å². The molecule has 2 unspecified atom stereocenters. The van der Waals surface area contributed by atoms with Crippen LogP contribution in [0.15, 0.2) is 0 Å². The molecule has 2 saturated heterocycles. The predicted octanol–water partition coefficient (Wildman–Crippen LogP) is 2.13. The first-order valence-electron chi connectivity index (χ1n) is 7.76. The third kappa shape index (κ3) is 3.30. The molecule has 0 aromatic rings. The largest absolute Gasteiger partial charge is 0.329 e. The van der Waals surface area contributed by atoms with Crippen molar-refractivity contribution in [3.05, 3.63) is 0 Å². The maximum Gasteiger partial charge on any atom is 0.246 e. The van der Waals surface area contributed by atoms with Crippen LogP contribution in [0.1, 0.15) is 45.4 Å². The summed E-state index contributed by atoms with van der Waals surface area (Å²) in [5.74, 6) is 1.51. The van der Waals surface area contributed by atoms with Gasteiger partial charge in [-0.2, -0.15) is 11.8 Å². The summed E-state index contributed by atoms with van der Waals surface area (Å²) in [5.41, 5.74) is 0. The summed E-state index contributed by atoms with van der Waals surface area (Å²) in [6, 6.07) is -0.434. The summed E-state index contributed by atoms with van der Waals surface area (Å²) in [4.78, 5) is 28.6. The number of unbranched alkanes of at least 4 members (excludes halogenated alkanes) is 2. The van der Waals surface area contributed by atoms with Crippen molar-refractivity contribution in [3.8, 4) is 0 Å². The molecule has 2 aliphatic heterocycles. The molecule has 0 radical (unpaired) electrons. The Morgan fingerprint density at radius 2 is 1.95 bits per heavy atom. The standard InChI is InChI=1S/C15H26N2O2S/c1-12-14(18)17-10-6-4-8-13(17)15(19)16(12)9-5-3-7-11-20-2/h12-13H,3-11H2,1-2H3. The predicted molar refractivity (Wildman–Crippen MR) is 82.8 cm³/mol. The van der Waals surface area contributed by atoms with E-state index in [-0.39, 0.29) is 23.9 Å². The fourth-order valence-electron chi connectivity index (χ4n) is 3.22. The molecule has 0 spiro atoms. The second-order valence-corrected chi connectivity index (χ2v) is 6.79. The van der Waals surface area contributed by atoms with Gasteiger partial charge in [0.25, 0.3) is 0 Å². The van der Waals surface area contributed by atoms with E-state index in [4.69, 9.17) is 0 Å². The molecule has 20 heavy (non-hydrogen) atoms. The third-order valence-electron chi connectivity index (χ3n) is 4.43. The quantitative estimate of drug-likeness (QED) is 0.705. The van der Waals surface area contributed by atoms with Gasteiger partial charge in [0.15, 0.2) is 0 Å². The van der Waals surface area contributed by atoms with Gasteiger partial charge in [0.1, 0.15) is 12.1 Å². The van der Waals surface area contributed by atoms with Gasteiger partial charge in [-0.15, -0.1) is 0 Å². The highest BCUT2D eigenvalue weighted by Crippen LogP contribution is 2.26. The van der Waals surface area contributed by atoms with Crippen LogP contribution < -0.4 is 0 Å². The van der Waals surface area contributed by atoms with E-state index in [1.165, 1.54) is 12.2 Å². The second-order valence-electron chi connectivity index (χ2n) is 5.80. The molecule has 2 atom stereocenters. The molecular formula is C15H26N2O2S. The van der Waals surface area contributed by atoms with Gasteiger partial charge in [-0.3, -0.25) is 9.59 Å². The molecule has 2 rings (SSSR count). The Balaban J connectivity index is 1.91. The lowest BCUT2D eigenvalue weighted by Gasteiger charge is -2.46. The van der Waals surface area contributed by atoms with Crippen LogP contribution in [0.4, 0.5) is 0 Å². The zero-order valence-electron chi connectivity index (χ0n) is 12.6. The highest BCUT2D eigenvalue weighted by Gasteiger charge is 2.44. The van der Waals surface area contributed by atoms with Crippen molar-refractivity contribution in [1.82, 2.24) is 9.80 Å². The molecule has 2 heterocycles. The summed E-state index contributed by atoms with van der Waals surface area (Å²) >= 11 is 1.86. The number of hydrogen-bond donors (Lipinski definition) is 0. The maximum absolute atomic E-state index is 12.6. The Hall–Kier alpha value is -0.710. The zero-order chi connectivity index (χ0) is 14.5. The minimum Gasteiger partial charge on any atom is -0.329 e. The van der Waals surface area contributed by atoms with Crippen molar-refractivity contribution in [2.75, 3.05) is 25.1 Å². The molecule has 4 nitrogen and oxygen atoms in total. The zero-order valence-corrected chi connectivity index (χ0v) is 13.5. The summed E-state index contributed by atoms with van der Waals surface area (Å²) in [5, 5.41) is 0. The monoisotopic (exact) mass is 298 g/mol. The minimum absolute atomic E-state index is 0.151. The van der Waals surface area contributed by atoms with Gasteiger partial charge in [-0.1, -0.05) is 6.42 Å². The van der Waals surface area contributed by atoms with E-state index < -0.39 is 0 Å². The molecule has 0 N–H and O–H groups in total. The van der Waals surface area contributed by atoms with E-state index in [1.54, 1.807) is 0 Å². The van der Waals surface area contributed by atoms with E-state index in [0.29, 0.717) is 0 Å². The fourth-order valence-corrected chi connectivity index (χ4v) is 3.71. The van der Waals surface area contributed by atoms with Gasteiger partial charge in [-0.25, -0.2) is 0 Å².